The lowest BCUT2D eigenvalue weighted by Gasteiger charge is -2.23. The van der Waals surface area contributed by atoms with Crippen LogP contribution in [0, 0.1) is 11.8 Å². The number of aromatic nitrogens is 3. The fourth-order valence-electron chi connectivity index (χ4n) is 3.76. The number of alkyl halides is 5. The van der Waals surface area contributed by atoms with Gasteiger partial charge in [-0.25, -0.2) is 31.4 Å². The molecule has 216 valence electrons. The number of ether oxygens (including phenoxy) is 1. The molecule has 0 atom stereocenters. The molecule has 0 spiro atoms. The lowest BCUT2D eigenvalue weighted by Crippen LogP contribution is -2.46. The molecule has 4 aromatic rings. The van der Waals surface area contributed by atoms with Crippen LogP contribution in [0.3, 0.4) is 0 Å². The van der Waals surface area contributed by atoms with Gasteiger partial charge in [0.1, 0.15) is 16.3 Å². The van der Waals surface area contributed by atoms with Gasteiger partial charge in [0.15, 0.2) is 5.65 Å². The number of halogens is 5. The Kier molecular flexibility index (Phi) is 8.08. The van der Waals surface area contributed by atoms with Crippen molar-refractivity contribution in [2.24, 2.45) is 0 Å². The number of aliphatic hydroxyl groups excluding tert-OH is 1. The Labute approximate surface area is 231 Å². The van der Waals surface area contributed by atoms with Gasteiger partial charge in [-0.15, -0.1) is 0 Å². The molecule has 0 fully saturated rings. The highest BCUT2D eigenvalue weighted by Gasteiger charge is 2.30. The molecule has 0 aliphatic heterocycles. The first kappa shape index (κ1) is 29.9. The second-order valence-electron chi connectivity index (χ2n) is 9.50. The molecule has 0 aliphatic rings. The fourth-order valence-corrected chi connectivity index (χ4v) is 5.36. The maximum atomic E-state index is 13.9. The zero-order valence-corrected chi connectivity index (χ0v) is 22.6. The smallest absolute Gasteiger partial charge is 0.416 e. The molecule has 0 aliphatic carbocycles. The molecule has 0 radical (unpaired) electrons. The van der Waals surface area contributed by atoms with Gasteiger partial charge in [0.2, 0.25) is 10.0 Å². The maximum absolute atomic E-state index is 13.9. The van der Waals surface area contributed by atoms with Gasteiger partial charge in [-0.05, 0) is 50.2 Å². The summed E-state index contributed by atoms with van der Waals surface area (Å²) in [5.41, 5.74) is -2.19. The van der Waals surface area contributed by atoms with Crippen LogP contribution >= 0.6 is 0 Å². The summed E-state index contributed by atoms with van der Waals surface area (Å²) < 4.78 is 101. The number of hydrogen-bond donors (Lipinski definition) is 2. The van der Waals surface area contributed by atoms with E-state index >= 15 is 0 Å². The third kappa shape index (κ3) is 6.48. The van der Waals surface area contributed by atoms with Crippen LogP contribution in [0.5, 0.6) is 5.75 Å². The number of nitrogens with zero attached hydrogens (tertiary/aromatic N) is 3. The Bertz CT molecular complexity index is 1760. The minimum Gasteiger partial charge on any atom is -0.495 e. The van der Waals surface area contributed by atoms with Gasteiger partial charge >= 0.3 is 6.18 Å². The van der Waals surface area contributed by atoms with Crippen molar-refractivity contribution in [3.05, 3.63) is 77.1 Å². The first-order valence-electron chi connectivity index (χ1n) is 11.8. The Balaban J connectivity index is 1.78. The molecule has 2 aromatic heterocycles. The second kappa shape index (κ2) is 11.1. The monoisotopic (exact) mass is 594 g/mol. The summed E-state index contributed by atoms with van der Waals surface area (Å²) in [6.45, 7) is 2.52. The molecular formula is C27H23F5N4O4S. The van der Waals surface area contributed by atoms with E-state index in [-0.39, 0.29) is 38.7 Å². The summed E-state index contributed by atoms with van der Waals surface area (Å²) in [5, 5.41) is 13.4. The minimum atomic E-state index is -4.57. The van der Waals surface area contributed by atoms with Crippen LogP contribution < -0.4 is 9.46 Å². The highest BCUT2D eigenvalue weighted by atomic mass is 32.2. The van der Waals surface area contributed by atoms with E-state index in [0.29, 0.717) is 0 Å². The van der Waals surface area contributed by atoms with Crippen LogP contribution in [0.4, 0.5) is 22.0 Å². The van der Waals surface area contributed by atoms with Crippen LogP contribution in [0.2, 0.25) is 0 Å². The van der Waals surface area contributed by atoms with E-state index in [1.165, 1.54) is 45.4 Å². The molecule has 0 unspecified atom stereocenters. The highest BCUT2D eigenvalue weighted by Crippen LogP contribution is 2.32. The van der Waals surface area contributed by atoms with Crippen LogP contribution in [-0.4, -0.2) is 47.4 Å². The Hall–Kier alpha value is -4.06. The third-order valence-corrected chi connectivity index (χ3v) is 7.55. The van der Waals surface area contributed by atoms with Gasteiger partial charge in [0.05, 0.1) is 42.3 Å². The summed E-state index contributed by atoms with van der Waals surface area (Å²) in [5.74, 6) is 5.53. The van der Waals surface area contributed by atoms with Crippen molar-refractivity contribution in [2.75, 3.05) is 13.7 Å². The number of benzene rings is 2. The molecule has 2 N–H and O–H groups in total. The van der Waals surface area contributed by atoms with E-state index < -0.39 is 46.0 Å². The molecule has 2 heterocycles. The molecular weight excluding hydrogens is 571 g/mol. The number of hydrogen-bond acceptors (Lipinski definition) is 6. The van der Waals surface area contributed by atoms with Crippen molar-refractivity contribution < 1.29 is 40.2 Å². The second-order valence-corrected chi connectivity index (χ2v) is 11.1. The largest absolute Gasteiger partial charge is 0.495 e. The van der Waals surface area contributed by atoms with Crippen molar-refractivity contribution >= 4 is 15.7 Å². The van der Waals surface area contributed by atoms with E-state index in [4.69, 9.17) is 4.74 Å². The van der Waals surface area contributed by atoms with Gasteiger partial charge < -0.3 is 9.84 Å². The van der Waals surface area contributed by atoms with E-state index in [0.717, 1.165) is 34.8 Å². The predicted octanol–water partition coefficient (Wildman–Crippen LogP) is 4.81. The third-order valence-electron chi connectivity index (χ3n) is 5.83. The summed E-state index contributed by atoms with van der Waals surface area (Å²) in [6, 6.07) is 9.06. The summed E-state index contributed by atoms with van der Waals surface area (Å²) in [4.78, 5) is 4.08. The van der Waals surface area contributed by atoms with E-state index in [2.05, 4.69) is 26.6 Å². The molecule has 8 nitrogen and oxygen atoms in total. The standard InChI is InChI=1S/C27H23F5N4O4S/c1-26(2,15-37)35-41(38,39)23-12-16(5-11-22(23)40-3)4-6-18-14-33-36-21(24(28)29)13-20(34-25(18)36)17-7-9-19(10-8-17)27(30,31)32/h5,7-14,24,35,37H,15H2,1-3H3. The number of fused-ring (bicyclic) bond motifs is 1. The number of sulfonamides is 1. The molecule has 2 aromatic carbocycles. The van der Waals surface area contributed by atoms with Gasteiger partial charge in [0.25, 0.3) is 6.43 Å². The molecule has 14 heteroatoms. The zero-order chi connectivity index (χ0) is 30.2. The van der Waals surface area contributed by atoms with E-state index in [9.17, 15) is 35.5 Å². The fraction of sp³-hybridized carbons (Fsp3) is 0.259. The van der Waals surface area contributed by atoms with Crippen molar-refractivity contribution in [3.8, 4) is 28.8 Å². The number of rotatable bonds is 7. The normalized spacial score (nSPS) is 12.4. The van der Waals surface area contributed by atoms with Gasteiger partial charge in [0, 0.05) is 11.1 Å². The van der Waals surface area contributed by atoms with Crippen LogP contribution in [-0.2, 0) is 16.2 Å². The van der Waals surface area contributed by atoms with Crippen molar-refractivity contribution in [2.45, 2.75) is 36.9 Å². The minimum absolute atomic E-state index is 0.0135. The Morgan fingerprint density at radius 2 is 1.76 bits per heavy atom. The SMILES string of the molecule is COc1ccc(C#Cc2cnn3c(C(F)F)cc(-c4ccc(C(F)(F)F)cc4)nc23)cc1S(=O)(=O)NC(C)(C)CO. The van der Waals surface area contributed by atoms with Crippen LogP contribution in [0.15, 0.2) is 59.6 Å². The lowest BCUT2D eigenvalue weighted by atomic mass is 10.1. The highest BCUT2D eigenvalue weighted by molar-refractivity contribution is 7.89. The van der Waals surface area contributed by atoms with Crippen LogP contribution in [0.25, 0.3) is 16.9 Å². The average Bonchev–Trinajstić information content (AvgIpc) is 3.33. The van der Waals surface area contributed by atoms with Crippen molar-refractivity contribution in [1.82, 2.24) is 19.3 Å². The quantitative estimate of drug-likeness (QED) is 0.235. The predicted molar refractivity (Wildman–Crippen MR) is 139 cm³/mol. The Morgan fingerprint density at radius 3 is 2.34 bits per heavy atom. The van der Waals surface area contributed by atoms with Crippen LogP contribution in [0.1, 0.15) is 42.7 Å². The molecule has 0 amide bonds. The maximum Gasteiger partial charge on any atom is 0.416 e. The summed E-state index contributed by atoms with van der Waals surface area (Å²) in [7, 11) is -2.86. The van der Waals surface area contributed by atoms with E-state index in [1.54, 1.807) is 0 Å². The van der Waals surface area contributed by atoms with Gasteiger partial charge in [-0.2, -0.15) is 18.3 Å². The topological polar surface area (TPSA) is 106 Å². The number of methoxy groups -OCH3 is 1. The van der Waals surface area contributed by atoms with E-state index in [1.807, 2.05) is 0 Å². The van der Waals surface area contributed by atoms with Crippen molar-refractivity contribution in [3.63, 3.8) is 0 Å². The van der Waals surface area contributed by atoms with Gasteiger partial charge in [-0.1, -0.05) is 24.0 Å². The number of aliphatic hydroxyl groups is 1. The first-order valence-corrected chi connectivity index (χ1v) is 13.3. The average molecular weight is 595 g/mol. The summed E-state index contributed by atoms with van der Waals surface area (Å²) >= 11 is 0. The van der Waals surface area contributed by atoms with Crippen molar-refractivity contribution in [1.29, 1.82) is 0 Å². The molecule has 0 saturated heterocycles. The Morgan fingerprint density at radius 1 is 1.07 bits per heavy atom. The lowest BCUT2D eigenvalue weighted by molar-refractivity contribution is -0.137. The molecule has 4 rings (SSSR count). The molecule has 0 bridgehead atoms. The van der Waals surface area contributed by atoms with Gasteiger partial charge in [-0.3, -0.25) is 0 Å². The summed E-state index contributed by atoms with van der Waals surface area (Å²) in [6.07, 6.45) is -6.35. The molecule has 41 heavy (non-hydrogen) atoms. The number of nitrogens with one attached hydrogen (secondary N) is 1. The first-order chi connectivity index (χ1) is 19.1. The molecule has 0 saturated carbocycles. The zero-order valence-electron chi connectivity index (χ0n) is 21.8.